The van der Waals surface area contributed by atoms with Crippen LogP contribution >= 0.6 is 0 Å². The molecule has 42 heavy (non-hydrogen) atoms. The van der Waals surface area contributed by atoms with Gasteiger partial charge in [0.1, 0.15) is 0 Å². The highest BCUT2D eigenvalue weighted by Gasteiger charge is 2.26. The van der Waals surface area contributed by atoms with Gasteiger partial charge in [0.25, 0.3) is 11.5 Å². The first-order chi connectivity index (χ1) is 20.3. The Morgan fingerprint density at radius 3 is 2.10 bits per heavy atom. The van der Waals surface area contributed by atoms with Gasteiger partial charge in [0.05, 0.1) is 29.3 Å². The highest BCUT2D eigenvalue weighted by molar-refractivity contribution is 6.05. The first kappa shape index (κ1) is 29.2. The van der Waals surface area contributed by atoms with Crippen molar-refractivity contribution in [2.24, 2.45) is 0 Å². The van der Waals surface area contributed by atoms with Crippen LogP contribution in [0, 0.1) is 6.92 Å². The third-order valence-electron chi connectivity index (χ3n) is 7.87. The minimum Gasteiger partial charge on any atom is -0.390 e. The second kappa shape index (κ2) is 12.7. The Morgan fingerprint density at radius 2 is 1.50 bits per heavy atom. The van der Waals surface area contributed by atoms with Crippen LogP contribution in [0.25, 0.3) is 16.7 Å². The molecule has 0 radical (unpaired) electrons. The summed E-state index contributed by atoms with van der Waals surface area (Å²) in [6, 6.07) is 20.5. The Labute approximate surface area is 245 Å². The Kier molecular flexibility index (Phi) is 8.84. The van der Waals surface area contributed by atoms with Crippen LogP contribution in [0.4, 0.5) is 5.69 Å². The molecular weight excluding hydrogens is 532 g/mol. The van der Waals surface area contributed by atoms with E-state index in [0.717, 1.165) is 30.7 Å². The van der Waals surface area contributed by atoms with Crippen molar-refractivity contribution < 1.29 is 9.90 Å². The maximum atomic E-state index is 14.0. The van der Waals surface area contributed by atoms with Crippen LogP contribution in [0.15, 0.2) is 76.3 Å². The van der Waals surface area contributed by atoms with Gasteiger partial charge in [0.15, 0.2) is 5.65 Å². The average molecular weight is 571 g/mol. The molecule has 1 amide bonds. The first-order valence-electron chi connectivity index (χ1n) is 14.5. The molecule has 10 nitrogen and oxygen atoms in total. The quantitative estimate of drug-likeness (QED) is 0.330. The number of hydrogen-bond donors (Lipinski definition) is 1. The summed E-state index contributed by atoms with van der Waals surface area (Å²) in [5.74, 6) is -0.297. The highest BCUT2D eigenvalue weighted by Crippen LogP contribution is 2.19. The number of piperazine rings is 1. The van der Waals surface area contributed by atoms with Crippen LogP contribution in [-0.4, -0.2) is 86.8 Å². The van der Waals surface area contributed by atoms with Gasteiger partial charge in [-0.2, -0.15) is 0 Å². The molecule has 0 bridgehead atoms. The number of aliphatic hydroxyl groups is 1. The summed E-state index contributed by atoms with van der Waals surface area (Å²) in [5.41, 5.74) is 1.18. The number of carbonyl (C=O) groups excluding carboxylic acids is 1. The van der Waals surface area contributed by atoms with E-state index < -0.39 is 17.4 Å². The van der Waals surface area contributed by atoms with Crippen LogP contribution in [0.5, 0.6) is 0 Å². The van der Waals surface area contributed by atoms with Gasteiger partial charge in [-0.15, -0.1) is 0 Å². The van der Waals surface area contributed by atoms with Crippen molar-refractivity contribution in [1.29, 1.82) is 0 Å². The number of benzene rings is 2. The lowest BCUT2D eigenvalue weighted by Gasteiger charge is -2.37. The molecule has 1 aliphatic rings. The normalized spacial score (nSPS) is 14.7. The maximum Gasteiger partial charge on any atom is 0.337 e. The predicted molar refractivity (Wildman–Crippen MR) is 165 cm³/mol. The summed E-state index contributed by atoms with van der Waals surface area (Å²) in [5, 5.41) is 11.3. The maximum absolute atomic E-state index is 14.0. The Balaban J connectivity index is 1.52. The summed E-state index contributed by atoms with van der Waals surface area (Å²) >= 11 is 0. The van der Waals surface area contributed by atoms with Gasteiger partial charge < -0.3 is 14.9 Å². The Morgan fingerprint density at radius 1 is 0.905 bits per heavy atom. The first-order valence-corrected chi connectivity index (χ1v) is 14.5. The number of β-amino-alcohol motifs (C(OH)–C–C–N with tert-alkyl or cyclic N) is 1. The number of rotatable bonds is 9. The van der Waals surface area contributed by atoms with Crippen LogP contribution in [-0.2, 0) is 6.54 Å². The second-order valence-corrected chi connectivity index (χ2v) is 10.6. The van der Waals surface area contributed by atoms with E-state index >= 15 is 0 Å². The van der Waals surface area contributed by atoms with Gasteiger partial charge in [0.2, 0.25) is 0 Å². The Bertz CT molecular complexity index is 1660. The lowest BCUT2D eigenvalue weighted by molar-refractivity contribution is 0.0774. The lowest BCUT2D eigenvalue weighted by atomic mass is 10.1. The lowest BCUT2D eigenvalue weighted by Crippen LogP contribution is -2.50. The van der Waals surface area contributed by atoms with E-state index in [4.69, 9.17) is 0 Å². The van der Waals surface area contributed by atoms with Crippen molar-refractivity contribution in [2.75, 3.05) is 50.7 Å². The molecule has 1 fully saturated rings. The van der Waals surface area contributed by atoms with Crippen LogP contribution < -0.4 is 16.1 Å². The van der Waals surface area contributed by atoms with Crippen molar-refractivity contribution in [3.63, 3.8) is 0 Å². The van der Waals surface area contributed by atoms with Crippen LogP contribution in [0.2, 0.25) is 0 Å². The second-order valence-electron chi connectivity index (χ2n) is 10.6. The number of anilines is 1. The predicted octanol–water partition coefficient (Wildman–Crippen LogP) is 2.52. The van der Waals surface area contributed by atoms with E-state index in [1.807, 2.05) is 32.0 Å². The van der Waals surface area contributed by atoms with E-state index in [2.05, 4.69) is 26.9 Å². The Hall–Kier alpha value is -4.28. The van der Waals surface area contributed by atoms with Gasteiger partial charge in [0, 0.05) is 57.2 Å². The molecule has 4 aromatic rings. The van der Waals surface area contributed by atoms with E-state index in [-0.39, 0.29) is 29.0 Å². The molecule has 1 aliphatic heterocycles. The minimum atomic E-state index is -0.903. The van der Waals surface area contributed by atoms with Crippen LogP contribution in [0.1, 0.15) is 29.9 Å². The standard InChI is InChI=1S/C32H38N6O4/c1-4-35(5-2)30(40)27-20-23(3)33-29-28(27)31(41)38(25-14-10-7-11-15-25)32(42)37(29)22-26(39)21-34-16-18-36(19-17-34)24-12-8-6-9-13-24/h6-15,20,26,39H,4-5,16-19,21-22H2,1-3H3. The van der Waals surface area contributed by atoms with E-state index in [1.54, 1.807) is 48.2 Å². The molecule has 5 rings (SSSR count). The zero-order chi connectivity index (χ0) is 29.8. The molecule has 10 heteroatoms. The summed E-state index contributed by atoms with van der Waals surface area (Å²) in [7, 11) is 0. The zero-order valence-electron chi connectivity index (χ0n) is 24.4. The van der Waals surface area contributed by atoms with E-state index in [1.165, 1.54) is 10.3 Å². The number of aliphatic hydroxyl groups excluding tert-OH is 1. The summed E-state index contributed by atoms with van der Waals surface area (Å²) in [6.45, 7) is 9.93. The van der Waals surface area contributed by atoms with Crippen molar-refractivity contribution in [1.82, 2.24) is 23.9 Å². The average Bonchev–Trinajstić information content (AvgIpc) is 3.00. The number of aromatic nitrogens is 3. The number of fused-ring (bicyclic) bond motifs is 1. The molecule has 2 aromatic heterocycles. The topological polar surface area (TPSA) is 104 Å². The summed E-state index contributed by atoms with van der Waals surface area (Å²) in [6.07, 6.45) is -0.903. The number of amides is 1. The number of aryl methyl sites for hydroxylation is 1. The molecule has 220 valence electrons. The molecule has 1 N–H and O–H groups in total. The molecule has 0 saturated carbocycles. The third kappa shape index (κ3) is 5.86. The molecule has 1 atom stereocenters. The van der Waals surface area contributed by atoms with Gasteiger partial charge in [-0.05, 0) is 51.1 Å². The molecule has 0 aliphatic carbocycles. The zero-order valence-corrected chi connectivity index (χ0v) is 24.4. The fraction of sp³-hybridized carbons (Fsp3) is 0.375. The summed E-state index contributed by atoms with van der Waals surface area (Å²) in [4.78, 5) is 52.2. The molecule has 0 spiro atoms. The van der Waals surface area contributed by atoms with Gasteiger partial charge in [-0.1, -0.05) is 36.4 Å². The van der Waals surface area contributed by atoms with E-state index in [0.29, 0.717) is 31.0 Å². The number of para-hydroxylation sites is 2. The van der Waals surface area contributed by atoms with Gasteiger partial charge in [-0.25, -0.2) is 14.3 Å². The molecule has 1 unspecified atom stereocenters. The van der Waals surface area contributed by atoms with Crippen molar-refractivity contribution in [3.8, 4) is 5.69 Å². The van der Waals surface area contributed by atoms with Gasteiger partial charge in [-0.3, -0.25) is 19.1 Å². The third-order valence-corrected chi connectivity index (χ3v) is 7.87. The number of hydrogen-bond acceptors (Lipinski definition) is 7. The fourth-order valence-electron chi connectivity index (χ4n) is 5.69. The fourth-order valence-corrected chi connectivity index (χ4v) is 5.69. The molecule has 3 heterocycles. The molecule has 1 saturated heterocycles. The van der Waals surface area contributed by atoms with Crippen molar-refractivity contribution >= 4 is 22.6 Å². The SMILES string of the molecule is CCN(CC)C(=O)c1cc(C)nc2c1c(=O)n(-c1ccccc1)c(=O)n2CC(O)CN1CCN(c2ccccc2)CC1. The van der Waals surface area contributed by atoms with Crippen molar-refractivity contribution in [3.05, 3.63) is 98.8 Å². The van der Waals surface area contributed by atoms with E-state index in [9.17, 15) is 19.5 Å². The summed E-state index contributed by atoms with van der Waals surface area (Å²) < 4.78 is 2.42. The molecule has 2 aromatic carbocycles. The van der Waals surface area contributed by atoms with Crippen LogP contribution in [0.3, 0.4) is 0 Å². The number of nitrogens with zero attached hydrogens (tertiary/aromatic N) is 6. The number of carbonyl (C=O) groups is 1. The van der Waals surface area contributed by atoms with Crippen molar-refractivity contribution in [2.45, 2.75) is 33.4 Å². The number of pyridine rings is 1. The molecular formula is C32H38N6O4. The monoisotopic (exact) mass is 570 g/mol. The highest BCUT2D eigenvalue weighted by atomic mass is 16.3. The minimum absolute atomic E-state index is 0.0727. The smallest absolute Gasteiger partial charge is 0.337 e. The van der Waals surface area contributed by atoms with Gasteiger partial charge >= 0.3 is 5.69 Å². The largest absolute Gasteiger partial charge is 0.390 e.